The van der Waals surface area contributed by atoms with E-state index in [0.717, 1.165) is 6.07 Å². The van der Waals surface area contributed by atoms with Gasteiger partial charge in [0.1, 0.15) is 6.54 Å². The van der Waals surface area contributed by atoms with Crippen LogP contribution in [0.3, 0.4) is 0 Å². The van der Waals surface area contributed by atoms with E-state index in [9.17, 15) is 22.4 Å². The van der Waals surface area contributed by atoms with Crippen LogP contribution in [0, 0.1) is 12.7 Å². The fourth-order valence-electron chi connectivity index (χ4n) is 1.11. The minimum absolute atomic E-state index is 0.169. The summed E-state index contributed by atoms with van der Waals surface area (Å²) in [6.07, 6.45) is -4.48. The van der Waals surface area contributed by atoms with E-state index in [-0.39, 0.29) is 5.75 Å². The lowest BCUT2D eigenvalue weighted by Crippen LogP contribution is -2.36. The van der Waals surface area contributed by atoms with Gasteiger partial charge in [0.25, 0.3) is 5.91 Å². The van der Waals surface area contributed by atoms with Crippen LogP contribution in [0.1, 0.15) is 5.56 Å². The van der Waals surface area contributed by atoms with Gasteiger partial charge < -0.3 is 10.1 Å². The number of benzene rings is 1. The molecule has 100 valence electrons. The lowest BCUT2D eigenvalue weighted by Gasteiger charge is -2.10. The van der Waals surface area contributed by atoms with Gasteiger partial charge in [0.05, 0.1) is 0 Å². The van der Waals surface area contributed by atoms with Gasteiger partial charge in [-0.1, -0.05) is 6.07 Å². The van der Waals surface area contributed by atoms with Crippen molar-refractivity contribution in [2.24, 2.45) is 0 Å². The first-order valence-corrected chi connectivity index (χ1v) is 5.00. The van der Waals surface area contributed by atoms with Crippen molar-refractivity contribution >= 4 is 5.91 Å². The summed E-state index contributed by atoms with van der Waals surface area (Å²) in [7, 11) is 0. The lowest BCUT2D eigenvalue weighted by molar-refractivity contribution is -0.139. The number of carbonyl (C=O) groups excluding carboxylic acids is 1. The molecule has 0 aliphatic rings. The zero-order chi connectivity index (χ0) is 13.8. The first-order valence-electron chi connectivity index (χ1n) is 5.00. The molecule has 3 nitrogen and oxygen atoms in total. The molecule has 0 heterocycles. The summed E-state index contributed by atoms with van der Waals surface area (Å²) in [5.74, 6) is -1.81. The molecule has 0 spiro atoms. The average molecular weight is 265 g/mol. The molecule has 0 aromatic heterocycles. The molecular weight excluding hydrogens is 254 g/mol. The number of amides is 1. The van der Waals surface area contributed by atoms with Gasteiger partial charge in [0, 0.05) is 0 Å². The third-order valence-corrected chi connectivity index (χ3v) is 1.93. The Balaban J connectivity index is 2.45. The molecule has 1 rings (SSSR count). The second-order valence-corrected chi connectivity index (χ2v) is 3.61. The number of nitrogens with one attached hydrogen (secondary N) is 1. The number of alkyl halides is 3. The van der Waals surface area contributed by atoms with Gasteiger partial charge in [-0.15, -0.1) is 0 Å². The van der Waals surface area contributed by atoms with E-state index in [2.05, 4.69) is 0 Å². The Labute approximate surface area is 101 Å². The van der Waals surface area contributed by atoms with Crippen molar-refractivity contribution in [2.45, 2.75) is 13.1 Å². The van der Waals surface area contributed by atoms with Crippen molar-refractivity contribution in [3.8, 4) is 5.75 Å². The molecule has 18 heavy (non-hydrogen) atoms. The van der Waals surface area contributed by atoms with E-state index in [4.69, 9.17) is 4.74 Å². The molecule has 1 amide bonds. The second-order valence-electron chi connectivity index (χ2n) is 3.61. The molecule has 0 unspecified atom stereocenters. The van der Waals surface area contributed by atoms with E-state index >= 15 is 0 Å². The predicted octanol–water partition coefficient (Wildman–Crippen LogP) is 2.19. The van der Waals surface area contributed by atoms with Gasteiger partial charge >= 0.3 is 6.18 Å². The maximum Gasteiger partial charge on any atom is 0.405 e. The molecule has 0 atom stereocenters. The molecule has 0 saturated heterocycles. The first kappa shape index (κ1) is 14.3. The summed E-state index contributed by atoms with van der Waals surface area (Å²) in [5.41, 5.74) is 0.710. The van der Waals surface area contributed by atoms with E-state index in [1.165, 1.54) is 12.1 Å². The number of ether oxygens (including phenoxy) is 1. The molecule has 0 radical (unpaired) electrons. The van der Waals surface area contributed by atoms with Crippen LogP contribution in [0.5, 0.6) is 5.75 Å². The van der Waals surface area contributed by atoms with Crippen molar-refractivity contribution in [1.29, 1.82) is 0 Å². The van der Waals surface area contributed by atoms with Gasteiger partial charge in [0.2, 0.25) is 0 Å². The van der Waals surface area contributed by atoms with E-state index in [0.29, 0.717) is 5.56 Å². The molecule has 1 aromatic carbocycles. The summed E-state index contributed by atoms with van der Waals surface area (Å²) < 4.78 is 53.3. The Hall–Kier alpha value is -1.79. The van der Waals surface area contributed by atoms with Gasteiger partial charge in [-0.2, -0.15) is 13.2 Å². The zero-order valence-corrected chi connectivity index (χ0v) is 9.47. The van der Waals surface area contributed by atoms with E-state index in [1.807, 2.05) is 0 Å². The maximum atomic E-state index is 13.2. The highest BCUT2D eigenvalue weighted by Gasteiger charge is 2.27. The van der Waals surface area contributed by atoms with Crippen LogP contribution in [0.25, 0.3) is 0 Å². The van der Waals surface area contributed by atoms with Crippen molar-refractivity contribution in [3.05, 3.63) is 29.6 Å². The molecule has 0 aliphatic carbocycles. The topological polar surface area (TPSA) is 38.3 Å². The summed E-state index contributed by atoms with van der Waals surface area (Å²) >= 11 is 0. The van der Waals surface area contributed by atoms with Crippen LogP contribution < -0.4 is 10.1 Å². The third kappa shape index (κ3) is 5.03. The summed E-state index contributed by atoms with van der Waals surface area (Å²) in [6.45, 7) is -0.419. The van der Waals surface area contributed by atoms with Gasteiger partial charge in [0.15, 0.2) is 18.2 Å². The molecule has 7 heteroatoms. The Morgan fingerprint density at radius 3 is 2.67 bits per heavy atom. The Kier molecular flexibility index (Phi) is 4.52. The van der Waals surface area contributed by atoms with Crippen molar-refractivity contribution in [1.82, 2.24) is 5.32 Å². The van der Waals surface area contributed by atoms with Crippen LogP contribution in [0.2, 0.25) is 0 Å². The van der Waals surface area contributed by atoms with Crippen LogP contribution >= 0.6 is 0 Å². The van der Waals surface area contributed by atoms with Gasteiger partial charge in [-0.05, 0) is 24.6 Å². The SMILES string of the molecule is Cc1ccc(F)c(OCC(=O)NCC(F)(F)F)c1. The number of carbonyl (C=O) groups is 1. The normalized spacial score (nSPS) is 11.2. The first-order chi connectivity index (χ1) is 8.28. The quantitative estimate of drug-likeness (QED) is 0.847. The zero-order valence-electron chi connectivity index (χ0n) is 9.47. The van der Waals surface area contributed by atoms with E-state index in [1.54, 1.807) is 12.2 Å². The third-order valence-electron chi connectivity index (χ3n) is 1.93. The number of aryl methyl sites for hydroxylation is 1. The minimum Gasteiger partial charge on any atom is -0.481 e. The lowest BCUT2D eigenvalue weighted by atomic mass is 10.2. The van der Waals surface area contributed by atoms with Crippen LogP contribution in [0.15, 0.2) is 18.2 Å². The molecular formula is C11H11F4NO2. The van der Waals surface area contributed by atoms with Crippen molar-refractivity contribution < 1.29 is 27.1 Å². The standard InChI is InChI=1S/C11H11F4NO2/c1-7-2-3-8(12)9(4-7)18-5-10(17)16-6-11(13,14)15/h2-4H,5-6H2,1H3,(H,16,17). The molecule has 0 bridgehead atoms. The predicted molar refractivity (Wildman–Crippen MR) is 55.7 cm³/mol. The second kappa shape index (κ2) is 5.70. The van der Waals surface area contributed by atoms with Crippen LogP contribution in [0.4, 0.5) is 17.6 Å². The largest absolute Gasteiger partial charge is 0.481 e. The monoisotopic (exact) mass is 265 g/mol. The van der Waals surface area contributed by atoms with Crippen molar-refractivity contribution in [3.63, 3.8) is 0 Å². The number of rotatable bonds is 4. The molecule has 0 aliphatic heterocycles. The summed E-state index contributed by atoms with van der Waals surface area (Å²) in [5, 5.41) is 1.62. The number of halogens is 4. The van der Waals surface area contributed by atoms with Gasteiger partial charge in [-0.25, -0.2) is 4.39 Å². The molecule has 1 aromatic rings. The molecule has 0 fully saturated rings. The fraction of sp³-hybridized carbons (Fsp3) is 0.364. The Morgan fingerprint density at radius 2 is 2.06 bits per heavy atom. The Morgan fingerprint density at radius 1 is 1.39 bits per heavy atom. The van der Waals surface area contributed by atoms with Crippen molar-refractivity contribution in [2.75, 3.05) is 13.2 Å². The average Bonchev–Trinajstić information content (AvgIpc) is 2.26. The number of hydrogen-bond donors (Lipinski definition) is 1. The van der Waals surface area contributed by atoms with Crippen LogP contribution in [-0.2, 0) is 4.79 Å². The number of hydrogen-bond acceptors (Lipinski definition) is 2. The highest BCUT2D eigenvalue weighted by atomic mass is 19.4. The minimum atomic E-state index is -4.48. The smallest absolute Gasteiger partial charge is 0.405 e. The molecule has 0 saturated carbocycles. The summed E-state index contributed by atoms with van der Waals surface area (Å²) in [4.78, 5) is 11.0. The molecule has 1 N–H and O–H groups in total. The summed E-state index contributed by atoms with van der Waals surface area (Å²) in [6, 6.07) is 4.01. The van der Waals surface area contributed by atoms with Crippen LogP contribution in [-0.4, -0.2) is 25.2 Å². The Bertz CT molecular complexity index is 432. The van der Waals surface area contributed by atoms with Gasteiger partial charge in [-0.3, -0.25) is 4.79 Å². The maximum absolute atomic E-state index is 13.2. The fourth-order valence-corrected chi connectivity index (χ4v) is 1.11. The highest BCUT2D eigenvalue weighted by molar-refractivity contribution is 5.77. The highest BCUT2D eigenvalue weighted by Crippen LogP contribution is 2.18. The van der Waals surface area contributed by atoms with E-state index < -0.39 is 31.1 Å².